The van der Waals surface area contributed by atoms with Crippen molar-refractivity contribution in [1.29, 1.82) is 0 Å². The summed E-state index contributed by atoms with van der Waals surface area (Å²) >= 11 is 6.08. The number of nitrogens with one attached hydrogen (secondary N) is 1. The molecule has 1 aromatic rings. The fraction of sp³-hybridized carbons (Fsp3) is 0.611. The molecule has 1 rings (SSSR count). The summed E-state index contributed by atoms with van der Waals surface area (Å²) in [4.78, 5) is 11.9. The summed E-state index contributed by atoms with van der Waals surface area (Å²) in [5.41, 5.74) is 0.605. The lowest BCUT2D eigenvalue weighted by atomic mass is 10.1. The van der Waals surface area contributed by atoms with Crippen LogP contribution in [-0.2, 0) is 4.74 Å². The standard InChI is InChI=1S/C18H28ClNO3/c1-5-6-7-8-9-14(4)23-18(21)20-15-10-11-16(19)17(12-15)22-13(2)3/h10-14H,5-9H2,1-4H3,(H,20,21). The molecule has 130 valence electrons. The van der Waals surface area contributed by atoms with Crippen molar-refractivity contribution in [3.05, 3.63) is 23.2 Å². The molecule has 0 radical (unpaired) electrons. The van der Waals surface area contributed by atoms with Gasteiger partial charge in [0, 0.05) is 11.8 Å². The second kappa shape index (κ2) is 10.4. The SMILES string of the molecule is CCCCCCC(C)OC(=O)Nc1ccc(Cl)c(OC(C)C)c1. The van der Waals surface area contributed by atoms with Gasteiger partial charge in [0.25, 0.3) is 0 Å². The molecule has 0 aromatic heterocycles. The fourth-order valence-corrected chi connectivity index (χ4v) is 2.33. The quantitative estimate of drug-likeness (QED) is 0.557. The van der Waals surface area contributed by atoms with Crippen LogP contribution in [0.1, 0.15) is 59.8 Å². The van der Waals surface area contributed by atoms with E-state index in [0.29, 0.717) is 16.5 Å². The fourth-order valence-electron chi connectivity index (χ4n) is 2.17. The van der Waals surface area contributed by atoms with E-state index >= 15 is 0 Å². The second-order valence-electron chi connectivity index (χ2n) is 6.00. The Morgan fingerprint density at radius 1 is 1.22 bits per heavy atom. The number of hydrogen-bond donors (Lipinski definition) is 1. The first-order chi connectivity index (χ1) is 10.9. The molecule has 0 aliphatic heterocycles. The van der Waals surface area contributed by atoms with Gasteiger partial charge in [0.05, 0.1) is 11.1 Å². The van der Waals surface area contributed by atoms with Crippen LogP contribution in [0, 0.1) is 0 Å². The minimum absolute atomic E-state index is 0.0119. The van der Waals surface area contributed by atoms with Crippen molar-refractivity contribution in [2.75, 3.05) is 5.32 Å². The average molecular weight is 342 g/mol. The Bertz CT molecular complexity index is 491. The summed E-state index contributed by atoms with van der Waals surface area (Å²) in [7, 11) is 0. The van der Waals surface area contributed by atoms with Gasteiger partial charge in [0.1, 0.15) is 11.9 Å². The molecule has 0 saturated heterocycles. The highest BCUT2D eigenvalue weighted by Gasteiger charge is 2.11. The van der Waals surface area contributed by atoms with E-state index in [0.717, 1.165) is 12.8 Å². The van der Waals surface area contributed by atoms with Crippen LogP contribution in [0.5, 0.6) is 5.75 Å². The number of halogens is 1. The van der Waals surface area contributed by atoms with Crippen LogP contribution in [0.4, 0.5) is 10.5 Å². The molecule has 4 nitrogen and oxygen atoms in total. The van der Waals surface area contributed by atoms with Crippen molar-refractivity contribution in [3.63, 3.8) is 0 Å². The molecule has 0 aliphatic rings. The molecule has 0 bridgehead atoms. The Labute approximate surface area is 144 Å². The molecular formula is C18H28ClNO3. The molecule has 1 aromatic carbocycles. The third-order valence-electron chi connectivity index (χ3n) is 3.31. The number of rotatable bonds is 9. The maximum atomic E-state index is 11.9. The van der Waals surface area contributed by atoms with Gasteiger partial charge in [0.15, 0.2) is 0 Å². The number of ether oxygens (including phenoxy) is 2. The predicted molar refractivity (Wildman–Crippen MR) is 95.5 cm³/mol. The van der Waals surface area contributed by atoms with Crippen LogP contribution in [0.3, 0.4) is 0 Å². The van der Waals surface area contributed by atoms with E-state index in [1.54, 1.807) is 18.2 Å². The van der Waals surface area contributed by atoms with E-state index in [9.17, 15) is 4.79 Å². The van der Waals surface area contributed by atoms with Crippen LogP contribution >= 0.6 is 11.6 Å². The Morgan fingerprint density at radius 3 is 2.61 bits per heavy atom. The smallest absolute Gasteiger partial charge is 0.411 e. The van der Waals surface area contributed by atoms with Crippen molar-refractivity contribution < 1.29 is 14.3 Å². The first kappa shape index (κ1) is 19.6. The Morgan fingerprint density at radius 2 is 1.96 bits per heavy atom. The third kappa shape index (κ3) is 8.12. The maximum absolute atomic E-state index is 11.9. The first-order valence-electron chi connectivity index (χ1n) is 8.36. The van der Waals surface area contributed by atoms with E-state index in [1.807, 2.05) is 20.8 Å². The molecule has 1 unspecified atom stereocenters. The zero-order chi connectivity index (χ0) is 17.2. The van der Waals surface area contributed by atoms with Crippen molar-refractivity contribution in [2.24, 2.45) is 0 Å². The highest BCUT2D eigenvalue weighted by Crippen LogP contribution is 2.28. The summed E-state index contributed by atoms with van der Waals surface area (Å²) in [5, 5.41) is 3.23. The van der Waals surface area contributed by atoms with E-state index in [1.165, 1.54) is 19.3 Å². The van der Waals surface area contributed by atoms with Gasteiger partial charge in [-0.1, -0.05) is 37.8 Å². The highest BCUT2D eigenvalue weighted by atomic mass is 35.5. The Kier molecular flexibility index (Phi) is 8.85. The van der Waals surface area contributed by atoms with E-state index in [4.69, 9.17) is 21.1 Å². The van der Waals surface area contributed by atoms with Gasteiger partial charge >= 0.3 is 6.09 Å². The van der Waals surface area contributed by atoms with E-state index in [-0.39, 0.29) is 12.2 Å². The summed E-state index contributed by atoms with van der Waals surface area (Å²) in [5.74, 6) is 0.548. The average Bonchev–Trinajstić information content (AvgIpc) is 2.46. The second-order valence-corrected chi connectivity index (χ2v) is 6.41. The molecule has 1 amide bonds. The molecule has 0 spiro atoms. The molecule has 23 heavy (non-hydrogen) atoms. The topological polar surface area (TPSA) is 47.6 Å². The summed E-state index contributed by atoms with van der Waals surface area (Å²) in [6.45, 7) is 7.94. The number of anilines is 1. The van der Waals surface area contributed by atoms with Gasteiger partial charge in [-0.05, 0) is 45.7 Å². The summed E-state index contributed by atoms with van der Waals surface area (Å²) in [6.07, 6.45) is 5.04. The molecule has 0 heterocycles. The first-order valence-corrected chi connectivity index (χ1v) is 8.74. The number of hydrogen-bond acceptors (Lipinski definition) is 3. The van der Waals surface area contributed by atoms with Gasteiger partial charge in [-0.2, -0.15) is 0 Å². The number of benzene rings is 1. The van der Waals surface area contributed by atoms with Crippen LogP contribution < -0.4 is 10.1 Å². The predicted octanol–water partition coefficient (Wildman–Crippen LogP) is 6.03. The third-order valence-corrected chi connectivity index (χ3v) is 3.62. The monoisotopic (exact) mass is 341 g/mol. The lowest BCUT2D eigenvalue weighted by Crippen LogP contribution is -2.20. The van der Waals surface area contributed by atoms with E-state index in [2.05, 4.69) is 12.2 Å². The van der Waals surface area contributed by atoms with Crippen molar-refractivity contribution in [2.45, 2.75) is 72.0 Å². The zero-order valence-corrected chi connectivity index (χ0v) is 15.3. The van der Waals surface area contributed by atoms with Crippen LogP contribution in [-0.4, -0.2) is 18.3 Å². The van der Waals surface area contributed by atoms with Gasteiger partial charge in [-0.3, -0.25) is 5.32 Å². The number of carbonyl (C=O) groups excluding carboxylic acids is 1. The highest BCUT2D eigenvalue weighted by molar-refractivity contribution is 6.32. The lowest BCUT2D eigenvalue weighted by Gasteiger charge is -2.15. The molecule has 1 atom stereocenters. The van der Waals surface area contributed by atoms with Crippen LogP contribution in [0.2, 0.25) is 5.02 Å². The van der Waals surface area contributed by atoms with E-state index < -0.39 is 6.09 Å². The number of amides is 1. The minimum Gasteiger partial charge on any atom is -0.489 e. The van der Waals surface area contributed by atoms with Gasteiger partial charge in [-0.15, -0.1) is 0 Å². The van der Waals surface area contributed by atoms with Crippen molar-refractivity contribution in [3.8, 4) is 5.75 Å². The largest absolute Gasteiger partial charge is 0.489 e. The van der Waals surface area contributed by atoms with Gasteiger partial charge in [0.2, 0.25) is 0 Å². The molecule has 5 heteroatoms. The normalized spacial score (nSPS) is 12.1. The zero-order valence-electron chi connectivity index (χ0n) is 14.5. The minimum atomic E-state index is -0.453. The molecule has 0 aliphatic carbocycles. The van der Waals surface area contributed by atoms with Crippen molar-refractivity contribution in [1.82, 2.24) is 0 Å². The van der Waals surface area contributed by atoms with Crippen LogP contribution in [0.15, 0.2) is 18.2 Å². The Hall–Kier alpha value is -1.42. The molecular weight excluding hydrogens is 314 g/mol. The molecule has 1 N–H and O–H groups in total. The van der Waals surface area contributed by atoms with Crippen molar-refractivity contribution >= 4 is 23.4 Å². The van der Waals surface area contributed by atoms with Gasteiger partial charge < -0.3 is 9.47 Å². The van der Waals surface area contributed by atoms with Gasteiger partial charge in [-0.25, -0.2) is 4.79 Å². The van der Waals surface area contributed by atoms with Crippen LogP contribution in [0.25, 0.3) is 0 Å². The molecule has 0 saturated carbocycles. The lowest BCUT2D eigenvalue weighted by molar-refractivity contribution is 0.114. The number of unbranched alkanes of at least 4 members (excludes halogenated alkanes) is 3. The summed E-state index contributed by atoms with van der Waals surface area (Å²) in [6, 6.07) is 5.13. The Balaban J connectivity index is 2.47. The maximum Gasteiger partial charge on any atom is 0.411 e. The molecule has 0 fully saturated rings. The summed E-state index contributed by atoms with van der Waals surface area (Å²) < 4.78 is 11.0. The number of carbonyl (C=O) groups is 1.